The summed E-state index contributed by atoms with van der Waals surface area (Å²) < 4.78 is 44.1. The Morgan fingerprint density at radius 2 is 2.11 bits per heavy atom. The Morgan fingerprint density at radius 3 is 2.85 bits per heavy atom. The van der Waals surface area contributed by atoms with Gasteiger partial charge < -0.3 is 10.1 Å². The highest BCUT2D eigenvalue weighted by Crippen LogP contribution is 2.28. The molecule has 0 saturated heterocycles. The van der Waals surface area contributed by atoms with Crippen molar-refractivity contribution >= 4 is 22.2 Å². The van der Waals surface area contributed by atoms with Crippen molar-refractivity contribution in [2.24, 2.45) is 0 Å². The van der Waals surface area contributed by atoms with Crippen LogP contribution < -0.4 is 10.1 Å². The molecule has 1 N–H and O–H groups in total. The van der Waals surface area contributed by atoms with Crippen molar-refractivity contribution in [3.8, 4) is 5.75 Å². The van der Waals surface area contributed by atoms with Gasteiger partial charge in [0, 0.05) is 19.4 Å². The summed E-state index contributed by atoms with van der Waals surface area (Å²) in [7, 11) is 1.58. The normalized spacial score (nSPS) is 11.7. The summed E-state index contributed by atoms with van der Waals surface area (Å²) in [6.45, 7) is 0.280. The van der Waals surface area contributed by atoms with Crippen LogP contribution in [0.15, 0.2) is 24.3 Å². The number of nitrogens with one attached hydrogen (secondary N) is 1. The van der Waals surface area contributed by atoms with E-state index in [9.17, 15) is 18.0 Å². The number of fused-ring (bicyclic) bond motifs is 1. The van der Waals surface area contributed by atoms with Crippen LogP contribution in [0, 0.1) is 0 Å². The molecule has 1 amide bonds. The number of alkyl halides is 3. The summed E-state index contributed by atoms with van der Waals surface area (Å²) in [6.07, 6.45) is -3.43. The van der Waals surface area contributed by atoms with E-state index in [1.165, 1.54) is 0 Å². The van der Waals surface area contributed by atoms with Crippen molar-refractivity contribution < 1.29 is 22.7 Å². The number of ether oxygens (including phenoxy) is 1. The lowest BCUT2D eigenvalue weighted by Crippen LogP contribution is -2.25. The number of nitrogens with zero attached hydrogens (tertiary/aromatic N) is 4. The van der Waals surface area contributed by atoms with E-state index in [2.05, 4.69) is 20.6 Å². The summed E-state index contributed by atoms with van der Waals surface area (Å²) >= 11 is 1.01. The number of rotatable bonds is 7. The highest BCUT2D eigenvalue weighted by atomic mass is 32.1. The van der Waals surface area contributed by atoms with Crippen molar-refractivity contribution in [3.63, 3.8) is 0 Å². The largest absolute Gasteiger partial charge is 0.497 e. The molecule has 0 aliphatic heterocycles. The number of carbonyl (C=O) groups excluding carboxylic acids is 1. The summed E-state index contributed by atoms with van der Waals surface area (Å²) in [5.74, 6) is -0.562. The van der Waals surface area contributed by atoms with Crippen molar-refractivity contribution in [2.75, 3.05) is 13.7 Å². The van der Waals surface area contributed by atoms with Gasteiger partial charge in [-0.1, -0.05) is 23.5 Å². The predicted molar refractivity (Wildman–Crippen MR) is 91.7 cm³/mol. The molecule has 27 heavy (non-hydrogen) atoms. The minimum atomic E-state index is -4.61. The molecule has 3 rings (SSSR count). The number of benzene rings is 1. The molecule has 0 saturated carbocycles. The molecule has 2 aromatic heterocycles. The molecule has 0 spiro atoms. The van der Waals surface area contributed by atoms with Gasteiger partial charge in [0.25, 0.3) is 5.82 Å². The molecule has 0 fully saturated rings. The fourth-order valence-corrected chi connectivity index (χ4v) is 3.25. The SMILES string of the molecule is COc1cccc(CCC(=O)NCCc2nn3c(C(F)(F)F)nnc3s2)c1. The molecule has 2 heterocycles. The lowest BCUT2D eigenvalue weighted by molar-refractivity contribution is -0.146. The highest BCUT2D eigenvalue weighted by Gasteiger charge is 2.38. The Hall–Kier alpha value is -2.69. The number of methoxy groups -OCH3 is 1. The second kappa shape index (κ2) is 7.91. The Bertz CT molecular complexity index is 938. The minimum absolute atomic E-state index is 0.0710. The average molecular weight is 399 g/mol. The number of aromatic nitrogens is 4. The van der Waals surface area contributed by atoms with Gasteiger partial charge in [0.1, 0.15) is 10.8 Å². The van der Waals surface area contributed by atoms with Gasteiger partial charge >= 0.3 is 6.18 Å². The van der Waals surface area contributed by atoms with Crippen LogP contribution in [0.5, 0.6) is 5.75 Å². The lowest BCUT2D eigenvalue weighted by atomic mass is 10.1. The molecule has 144 valence electrons. The standard InChI is InChI=1S/C16H16F3N5O2S/c1-26-11-4-2-3-10(9-11)5-6-12(25)20-8-7-13-23-24-14(16(17,18)19)21-22-15(24)27-13/h2-4,9H,5-8H2,1H3,(H,20,25). The summed E-state index contributed by atoms with van der Waals surface area (Å²) in [5.41, 5.74) is 0.984. The molecular weight excluding hydrogens is 383 g/mol. The van der Waals surface area contributed by atoms with E-state index in [1.807, 2.05) is 24.3 Å². The Balaban J connectivity index is 1.48. The first-order valence-corrected chi connectivity index (χ1v) is 8.86. The van der Waals surface area contributed by atoms with E-state index < -0.39 is 12.0 Å². The molecule has 7 nitrogen and oxygen atoms in total. The summed E-state index contributed by atoms with van der Waals surface area (Å²) in [6, 6.07) is 7.46. The first kappa shape index (κ1) is 19.1. The second-order valence-electron chi connectivity index (χ2n) is 5.66. The fourth-order valence-electron chi connectivity index (χ4n) is 2.42. The van der Waals surface area contributed by atoms with E-state index in [0.717, 1.165) is 22.6 Å². The van der Waals surface area contributed by atoms with Gasteiger partial charge in [-0.25, -0.2) is 0 Å². The summed E-state index contributed by atoms with van der Waals surface area (Å²) in [4.78, 5) is 12.0. The van der Waals surface area contributed by atoms with E-state index in [1.54, 1.807) is 7.11 Å². The summed E-state index contributed by atoms with van der Waals surface area (Å²) in [5, 5.41) is 13.6. The average Bonchev–Trinajstić information content (AvgIpc) is 3.19. The third-order valence-corrected chi connectivity index (χ3v) is 4.68. The molecule has 0 radical (unpaired) electrons. The van der Waals surface area contributed by atoms with Gasteiger partial charge in [-0.15, -0.1) is 10.2 Å². The predicted octanol–water partition coefficient (Wildman–Crippen LogP) is 2.50. The van der Waals surface area contributed by atoms with Gasteiger partial charge in [0.15, 0.2) is 0 Å². The maximum absolute atomic E-state index is 12.8. The fraction of sp³-hybridized carbons (Fsp3) is 0.375. The Morgan fingerprint density at radius 1 is 1.30 bits per heavy atom. The van der Waals surface area contributed by atoms with E-state index in [0.29, 0.717) is 28.8 Å². The van der Waals surface area contributed by atoms with Gasteiger partial charge in [0.2, 0.25) is 10.9 Å². The van der Waals surface area contributed by atoms with Crippen molar-refractivity contribution in [3.05, 3.63) is 40.7 Å². The molecule has 0 aliphatic carbocycles. The third kappa shape index (κ3) is 4.73. The van der Waals surface area contributed by atoms with Gasteiger partial charge in [-0.05, 0) is 24.1 Å². The van der Waals surface area contributed by atoms with Gasteiger partial charge in [0.05, 0.1) is 7.11 Å². The lowest BCUT2D eigenvalue weighted by Gasteiger charge is -2.06. The zero-order valence-corrected chi connectivity index (χ0v) is 15.1. The molecule has 0 atom stereocenters. The minimum Gasteiger partial charge on any atom is -0.497 e. The van der Waals surface area contributed by atoms with Crippen LogP contribution in [-0.4, -0.2) is 39.4 Å². The maximum Gasteiger partial charge on any atom is 0.453 e. The first-order chi connectivity index (χ1) is 12.9. The van der Waals surface area contributed by atoms with Crippen LogP contribution in [-0.2, 0) is 23.8 Å². The first-order valence-electron chi connectivity index (χ1n) is 8.05. The van der Waals surface area contributed by atoms with Crippen molar-refractivity contribution in [1.29, 1.82) is 0 Å². The van der Waals surface area contributed by atoms with Crippen molar-refractivity contribution in [1.82, 2.24) is 25.1 Å². The number of hydrogen-bond acceptors (Lipinski definition) is 6. The zero-order chi connectivity index (χ0) is 19.4. The number of amides is 1. The van der Waals surface area contributed by atoms with Crippen LogP contribution in [0.25, 0.3) is 4.96 Å². The second-order valence-corrected chi connectivity index (χ2v) is 6.70. The topological polar surface area (TPSA) is 81.4 Å². The maximum atomic E-state index is 12.8. The van der Waals surface area contributed by atoms with Crippen LogP contribution in [0.4, 0.5) is 13.2 Å². The molecule has 3 aromatic rings. The van der Waals surface area contributed by atoms with Gasteiger partial charge in [-0.3, -0.25) is 4.79 Å². The van der Waals surface area contributed by atoms with Crippen molar-refractivity contribution in [2.45, 2.75) is 25.4 Å². The molecule has 11 heteroatoms. The number of aryl methyl sites for hydroxylation is 1. The number of hydrogen-bond donors (Lipinski definition) is 1. The third-order valence-electron chi connectivity index (χ3n) is 3.72. The van der Waals surface area contributed by atoms with E-state index in [-0.39, 0.29) is 17.4 Å². The number of carbonyl (C=O) groups is 1. The van der Waals surface area contributed by atoms with Gasteiger partial charge in [-0.2, -0.15) is 22.8 Å². The van der Waals surface area contributed by atoms with Crippen LogP contribution in [0.2, 0.25) is 0 Å². The van der Waals surface area contributed by atoms with Crippen LogP contribution >= 0.6 is 11.3 Å². The van der Waals surface area contributed by atoms with E-state index in [4.69, 9.17) is 4.74 Å². The van der Waals surface area contributed by atoms with E-state index >= 15 is 0 Å². The quantitative estimate of drug-likeness (QED) is 0.660. The zero-order valence-electron chi connectivity index (χ0n) is 14.3. The molecular formula is C16H16F3N5O2S. The monoisotopic (exact) mass is 399 g/mol. The molecule has 0 bridgehead atoms. The number of halogens is 3. The van der Waals surface area contributed by atoms with Crippen LogP contribution in [0.3, 0.4) is 0 Å². The molecule has 0 aliphatic rings. The Kier molecular flexibility index (Phi) is 5.59. The highest BCUT2D eigenvalue weighted by molar-refractivity contribution is 7.16. The smallest absolute Gasteiger partial charge is 0.453 e. The molecule has 0 unspecified atom stereocenters. The Labute approximate surface area is 156 Å². The van der Waals surface area contributed by atoms with Crippen LogP contribution in [0.1, 0.15) is 22.8 Å². The molecule has 1 aromatic carbocycles.